The smallest absolute Gasteiger partial charge is 0.263 e. The molecule has 0 bridgehead atoms. The Labute approximate surface area is 179 Å². The fourth-order valence-corrected chi connectivity index (χ4v) is 3.63. The van der Waals surface area contributed by atoms with Crippen molar-refractivity contribution < 1.29 is 23.7 Å². The maximum Gasteiger partial charge on any atom is 0.263 e. The van der Waals surface area contributed by atoms with Crippen LogP contribution in [0.4, 0.5) is 0 Å². The van der Waals surface area contributed by atoms with Crippen LogP contribution in [-0.4, -0.2) is 37.7 Å². The molecule has 1 N–H and O–H groups in total. The van der Waals surface area contributed by atoms with E-state index < -0.39 is 0 Å². The summed E-state index contributed by atoms with van der Waals surface area (Å²) in [6.45, 7) is 0.999. The van der Waals surface area contributed by atoms with Crippen LogP contribution in [0.1, 0.15) is 12.0 Å². The number of rotatable bonds is 9. The largest absolute Gasteiger partial charge is 0.497 e. The molecule has 1 fully saturated rings. The predicted molar refractivity (Wildman–Crippen MR) is 118 cm³/mol. The molecule has 0 aliphatic carbocycles. The molecule has 3 rings (SSSR count). The molecule has 1 aliphatic rings. The third kappa shape index (κ3) is 5.88. The number of amides is 1. The van der Waals surface area contributed by atoms with Gasteiger partial charge in [-0.3, -0.25) is 4.79 Å². The van der Waals surface area contributed by atoms with Gasteiger partial charge in [0.1, 0.15) is 15.8 Å². The molecule has 152 valence electrons. The minimum atomic E-state index is -0.185. The molecule has 29 heavy (non-hydrogen) atoms. The summed E-state index contributed by atoms with van der Waals surface area (Å²) in [7, 11) is 3.20. The summed E-state index contributed by atoms with van der Waals surface area (Å²) in [6, 6.07) is 13.0. The standard InChI is InChI=1S/C21H21NO5S2/c1-24-15-5-3-6-16(13-15)26-9-4-10-27-17-8-7-14(11-18(17)25-2)12-19-20(23)22-21(28)29-19/h3,5-8,11-13H,4,9-10H2,1-2H3,(H,22,23,28)/b19-12+. The molecule has 0 radical (unpaired) electrons. The average molecular weight is 432 g/mol. The van der Waals surface area contributed by atoms with E-state index in [9.17, 15) is 4.79 Å². The van der Waals surface area contributed by atoms with Crippen molar-refractivity contribution in [2.24, 2.45) is 0 Å². The molecule has 0 saturated carbocycles. The van der Waals surface area contributed by atoms with Gasteiger partial charge in [-0.05, 0) is 35.9 Å². The van der Waals surface area contributed by atoms with Crippen LogP contribution in [0.3, 0.4) is 0 Å². The minimum Gasteiger partial charge on any atom is -0.497 e. The van der Waals surface area contributed by atoms with Crippen molar-refractivity contribution in [2.45, 2.75) is 6.42 Å². The molecule has 1 aliphatic heterocycles. The Balaban J connectivity index is 1.52. The van der Waals surface area contributed by atoms with Crippen molar-refractivity contribution in [3.8, 4) is 23.0 Å². The first-order valence-electron chi connectivity index (χ1n) is 8.91. The molecule has 0 atom stereocenters. The van der Waals surface area contributed by atoms with Gasteiger partial charge >= 0.3 is 0 Å². The number of thioether (sulfide) groups is 1. The van der Waals surface area contributed by atoms with Gasteiger partial charge < -0.3 is 24.3 Å². The van der Waals surface area contributed by atoms with Gasteiger partial charge in [-0.25, -0.2) is 0 Å². The maximum absolute atomic E-state index is 11.8. The second-order valence-corrected chi connectivity index (χ2v) is 7.71. The third-order valence-electron chi connectivity index (χ3n) is 3.98. The minimum absolute atomic E-state index is 0.185. The average Bonchev–Trinajstić information content (AvgIpc) is 3.05. The Morgan fingerprint density at radius 1 is 1.00 bits per heavy atom. The Morgan fingerprint density at radius 2 is 1.79 bits per heavy atom. The zero-order valence-electron chi connectivity index (χ0n) is 16.1. The number of carbonyl (C=O) groups excluding carboxylic acids is 1. The van der Waals surface area contributed by atoms with Gasteiger partial charge in [0.25, 0.3) is 5.91 Å². The Bertz CT molecular complexity index is 929. The summed E-state index contributed by atoms with van der Waals surface area (Å²) >= 11 is 6.24. The molecular formula is C21H21NO5S2. The lowest BCUT2D eigenvalue weighted by atomic mass is 10.2. The van der Waals surface area contributed by atoms with Gasteiger partial charge in [-0.2, -0.15) is 0 Å². The number of hydrogen-bond donors (Lipinski definition) is 1. The number of nitrogens with one attached hydrogen (secondary N) is 1. The second-order valence-electron chi connectivity index (χ2n) is 5.99. The van der Waals surface area contributed by atoms with Gasteiger partial charge in [0, 0.05) is 12.5 Å². The highest BCUT2D eigenvalue weighted by Crippen LogP contribution is 2.31. The molecule has 1 saturated heterocycles. The molecule has 0 spiro atoms. The molecule has 8 heteroatoms. The number of benzene rings is 2. The summed E-state index contributed by atoms with van der Waals surface area (Å²) in [4.78, 5) is 12.3. The lowest BCUT2D eigenvalue weighted by Crippen LogP contribution is -2.17. The van der Waals surface area contributed by atoms with E-state index in [0.717, 1.165) is 17.1 Å². The summed E-state index contributed by atoms with van der Waals surface area (Å²) in [5, 5.41) is 2.60. The van der Waals surface area contributed by atoms with Crippen LogP contribution < -0.4 is 24.3 Å². The van der Waals surface area contributed by atoms with Gasteiger partial charge in [0.2, 0.25) is 0 Å². The number of hydrogen-bond acceptors (Lipinski definition) is 7. The Kier molecular flexibility index (Phi) is 7.37. The highest BCUT2D eigenvalue weighted by Gasteiger charge is 2.22. The lowest BCUT2D eigenvalue weighted by molar-refractivity contribution is -0.115. The predicted octanol–water partition coefficient (Wildman–Crippen LogP) is 4.04. The topological polar surface area (TPSA) is 66.0 Å². The van der Waals surface area contributed by atoms with E-state index in [4.69, 9.17) is 31.2 Å². The molecule has 0 unspecified atom stereocenters. The van der Waals surface area contributed by atoms with Crippen LogP contribution in [0, 0.1) is 0 Å². The van der Waals surface area contributed by atoms with Gasteiger partial charge in [-0.15, -0.1) is 0 Å². The van der Waals surface area contributed by atoms with Crippen LogP contribution in [0.5, 0.6) is 23.0 Å². The van der Waals surface area contributed by atoms with E-state index in [1.165, 1.54) is 11.8 Å². The zero-order valence-corrected chi connectivity index (χ0v) is 17.7. The lowest BCUT2D eigenvalue weighted by Gasteiger charge is -2.12. The molecular weight excluding hydrogens is 410 g/mol. The van der Waals surface area contributed by atoms with E-state index in [2.05, 4.69) is 5.32 Å². The van der Waals surface area contributed by atoms with E-state index in [1.54, 1.807) is 20.3 Å². The van der Waals surface area contributed by atoms with Crippen LogP contribution in [-0.2, 0) is 4.79 Å². The van der Waals surface area contributed by atoms with Crippen LogP contribution in [0.2, 0.25) is 0 Å². The summed E-state index contributed by atoms with van der Waals surface area (Å²) in [5.41, 5.74) is 0.831. The van der Waals surface area contributed by atoms with Crippen LogP contribution >= 0.6 is 24.0 Å². The van der Waals surface area contributed by atoms with Gasteiger partial charge in [-0.1, -0.05) is 36.1 Å². The summed E-state index contributed by atoms with van der Waals surface area (Å²) in [6.07, 6.45) is 2.48. The van der Waals surface area contributed by atoms with Crippen molar-refractivity contribution in [3.05, 3.63) is 52.9 Å². The highest BCUT2D eigenvalue weighted by atomic mass is 32.2. The van der Waals surface area contributed by atoms with Crippen molar-refractivity contribution in [3.63, 3.8) is 0 Å². The molecule has 1 heterocycles. The van der Waals surface area contributed by atoms with Crippen LogP contribution in [0.15, 0.2) is 47.4 Å². The van der Waals surface area contributed by atoms with Crippen LogP contribution in [0.25, 0.3) is 6.08 Å². The SMILES string of the molecule is COc1cccc(OCCCOc2ccc(/C=C3/SC(=S)NC3=O)cc2OC)c1. The first-order chi connectivity index (χ1) is 14.1. The van der Waals surface area contributed by atoms with Crippen molar-refractivity contribution >= 4 is 40.3 Å². The zero-order chi connectivity index (χ0) is 20.6. The molecule has 2 aromatic carbocycles. The Hall–Kier alpha value is -2.71. The Morgan fingerprint density at radius 3 is 2.52 bits per heavy atom. The van der Waals surface area contributed by atoms with E-state index in [-0.39, 0.29) is 5.91 Å². The molecule has 6 nitrogen and oxygen atoms in total. The number of carbonyl (C=O) groups is 1. The monoisotopic (exact) mass is 431 g/mol. The van der Waals surface area contributed by atoms with Gasteiger partial charge in [0.05, 0.1) is 32.3 Å². The van der Waals surface area contributed by atoms with Crippen molar-refractivity contribution in [2.75, 3.05) is 27.4 Å². The van der Waals surface area contributed by atoms with E-state index in [0.29, 0.717) is 40.4 Å². The molecule has 1 amide bonds. The fourth-order valence-electron chi connectivity index (χ4n) is 2.59. The number of thiocarbonyl (C=S) groups is 1. The molecule has 0 aromatic heterocycles. The molecule has 2 aromatic rings. The summed E-state index contributed by atoms with van der Waals surface area (Å²) < 4.78 is 22.6. The first kappa shape index (κ1) is 21.0. The first-order valence-corrected chi connectivity index (χ1v) is 10.1. The van der Waals surface area contributed by atoms with E-state index in [1.807, 2.05) is 42.5 Å². The van der Waals surface area contributed by atoms with Crippen molar-refractivity contribution in [1.82, 2.24) is 5.32 Å². The highest BCUT2D eigenvalue weighted by molar-refractivity contribution is 8.26. The van der Waals surface area contributed by atoms with Gasteiger partial charge in [0.15, 0.2) is 11.5 Å². The third-order valence-corrected chi connectivity index (χ3v) is 5.15. The number of methoxy groups -OCH3 is 2. The second kappa shape index (κ2) is 10.2. The number of ether oxygens (including phenoxy) is 4. The van der Waals surface area contributed by atoms with E-state index >= 15 is 0 Å². The van der Waals surface area contributed by atoms with Crippen molar-refractivity contribution in [1.29, 1.82) is 0 Å². The maximum atomic E-state index is 11.8. The quantitative estimate of drug-likeness (QED) is 0.365. The fraction of sp³-hybridized carbons (Fsp3) is 0.238. The summed E-state index contributed by atoms with van der Waals surface area (Å²) in [5.74, 6) is 2.56. The normalized spacial score (nSPS) is 14.6.